The topological polar surface area (TPSA) is 35.6 Å². The molecule has 21 heavy (non-hydrogen) atoms. The van der Waals surface area contributed by atoms with Crippen molar-refractivity contribution in [2.45, 2.75) is 38.1 Å². The van der Waals surface area contributed by atoms with Gasteiger partial charge in [-0.25, -0.2) is 0 Å². The Hall–Kier alpha value is -0.610. The maximum atomic E-state index is 12.7. The molecule has 1 heterocycles. The van der Waals surface area contributed by atoms with Crippen LogP contribution in [0.3, 0.4) is 0 Å². The van der Waals surface area contributed by atoms with Crippen LogP contribution in [0.4, 0.5) is 0 Å². The lowest BCUT2D eigenvalue weighted by molar-refractivity contribution is -0.142. The van der Waals surface area contributed by atoms with Crippen LogP contribution in [-0.4, -0.2) is 61.5 Å². The number of nitrogens with one attached hydrogen (secondary N) is 1. The monoisotopic (exact) mass is 291 g/mol. The molecular formula is C17H29N3O. The highest BCUT2D eigenvalue weighted by atomic mass is 16.2. The molecule has 0 atom stereocenters. The fraction of sp³-hybridized carbons (Fsp3) is 0.941. The highest BCUT2D eigenvalue weighted by Crippen LogP contribution is 2.54. The van der Waals surface area contributed by atoms with Crippen molar-refractivity contribution in [2.24, 2.45) is 23.7 Å². The third kappa shape index (κ3) is 2.61. The van der Waals surface area contributed by atoms with E-state index in [2.05, 4.69) is 22.2 Å². The number of rotatable bonds is 3. The Morgan fingerprint density at radius 3 is 2.19 bits per heavy atom. The number of hydrogen-bond acceptors (Lipinski definition) is 3. The SMILES string of the molecule is CN(C(=O)CN1CCNCC1)C1C2CC3CC(C2)CC1C3. The molecule has 5 fully saturated rings. The minimum absolute atomic E-state index is 0.356. The second kappa shape index (κ2) is 5.54. The number of amides is 1. The molecule has 118 valence electrons. The van der Waals surface area contributed by atoms with Crippen molar-refractivity contribution in [3.63, 3.8) is 0 Å². The first-order valence-electron chi connectivity index (χ1n) is 8.89. The highest BCUT2D eigenvalue weighted by molar-refractivity contribution is 5.78. The lowest BCUT2D eigenvalue weighted by Gasteiger charge is -2.56. The van der Waals surface area contributed by atoms with Crippen molar-refractivity contribution < 1.29 is 4.79 Å². The maximum Gasteiger partial charge on any atom is 0.236 e. The summed E-state index contributed by atoms with van der Waals surface area (Å²) in [6.07, 6.45) is 7.05. The molecule has 1 aliphatic heterocycles. The van der Waals surface area contributed by atoms with Gasteiger partial charge in [-0.2, -0.15) is 0 Å². The lowest BCUT2D eigenvalue weighted by Crippen LogP contribution is -2.58. The van der Waals surface area contributed by atoms with Crippen LogP contribution in [0.2, 0.25) is 0 Å². The summed E-state index contributed by atoms with van der Waals surface area (Å²) in [5.41, 5.74) is 0. The highest BCUT2D eigenvalue weighted by Gasteiger charge is 2.50. The van der Waals surface area contributed by atoms with Gasteiger partial charge in [0.25, 0.3) is 0 Å². The average Bonchev–Trinajstić information content (AvgIpc) is 2.47. The van der Waals surface area contributed by atoms with Crippen LogP contribution in [-0.2, 0) is 4.79 Å². The molecule has 4 aliphatic carbocycles. The molecule has 0 unspecified atom stereocenters. The Balaban J connectivity index is 1.39. The van der Waals surface area contributed by atoms with Crippen LogP contribution in [0.1, 0.15) is 32.1 Å². The Labute approximate surface area is 128 Å². The summed E-state index contributed by atoms with van der Waals surface area (Å²) in [5, 5.41) is 3.36. The number of piperazine rings is 1. The van der Waals surface area contributed by atoms with Gasteiger partial charge in [-0.3, -0.25) is 9.69 Å². The molecule has 5 rings (SSSR count). The van der Waals surface area contributed by atoms with Crippen LogP contribution in [0.25, 0.3) is 0 Å². The van der Waals surface area contributed by atoms with Gasteiger partial charge in [-0.1, -0.05) is 0 Å². The Bertz CT molecular complexity index is 377. The summed E-state index contributed by atoms with van der Waals surface area (Å²) < 4.78 is 0. The molecule has 1 saturated heterocycles. The van der Waals surface area contributed by atoms with E-state index in [1.165, 1.54) is 32.1 Å². The minimum atomic E-state index is 0.356. The van der Waals surface area contributed by atoms with Crippen LogP contribution < -0.4 is 5.32 Å². The Kier molecular flexibility index (Phi) is 3.70. The van der Waals surface area contributed by atoms with Gasteiger partial charge in [0.1, 0.15) is 0 Å². The first-order chi connectivity index (χ1) is 10.2. The first-order valence-corrected chi connectivity index (χ1v) is 8.89. The van der Waals surface area contributed by atoms with Crippen LogP contribution in [0.15, 0.2) is 0 Å². The van der Waals surface area contributed by atoms with Gasteiger partial charge in [0, 0.05) is 39.3 Å². The number of nitrogens with zero attached hydrogens (tertiary/aromatic N) is 2. The lowest BCUT2D eigenvalue weighted by atomic mass is 9.54. The van der Waals surface area contributed by atoms with E-state index >= 15 is 0 Å². The molecule has 4 saturated carbocycles. The molecule has 5 aliphatic rings. The smallest absolute Gasteiger partial charge is 0.236 e. The Morgan fingerprint density at radius 1 is 1.05 bits per heavy atom. The zero-order valence-corrected chi connectivity index (χ0v) is 13.3. The zero-order chi connectivity index (χ0) is 14.4. The second-order valence-electron chi connectivity index (χ2n) is 7.95. The minimum Gasteiger partial charge on any atom is -0.341 e. The van der Waals surface area contributed by atoms with Gasteiger partial charge < -0.3 is 10.2 Å². The van der Waals surface area contributed by atoms with E-state index in [1.54, 1.807) is 0 Å². The standard InChI is InChI=1S/C17H29N3O/c1-19(16(21)11-20-4-2-18-3-5-20)17-14-7-12-6-13(9-14)10-15(17)8-12/h12-15,17-18H,2-11H2,1H3. The summed E-state index contributed by atoms with van der Waals surface area (Å²) in [6.45, 7) is 4.70. The Morgan fingerprint density at radius 2 is 1.62 bits per heavy atom. The summed E-state index contributed by atoms with van der Waals surface area (Å²) >= 11 is 0. The molecule has 0 spiro atoms. The fourth-order valence-electron chi connectivity index (χ4n) is 5.87. The third-order valence-electron chi connectivity index (χ3n) is 6.59. The van der Waals surface area contributed by atoms with Gasteiger partial charge in [0.05, 0.1) is 6.54 Å². The summed E-state index contributed by atoms with van der Waals surface area (Å²) in [5.74, 6) is 3.94. The first kappa shape index (κ1) is 14.0. The summed E-state index contributed by atoms with van der Waals surface area (Å²) in [4.78, 5) is 17.2. The molecular weight excluding hydrogens is 262 g/mol. The number of carbonyl (C=O) groups excluding carboxylic acids is 1. The molecule has 4 heteroatoms. The quantitative estimate of drug-likeness (QED) is 0.848. The maximum absolute atomic E-state index is 12.7. The van der Waals surface area contributed by atoms with E-state index in [9.17, 15) is 4.79 Å². The number of carbonyl (C=O) groups is 1. The molecule has 1 N–H and O–H groups in total. The van der Waals surface area contributed by atoms with E-state index in [0.717, 1.165) is 49.9 Å². The molecule has 4 nitrogen and oxygen atoms in total. The number of hydrogen-bond donors (Lipinski definition) is 1. The van der Waals surface area contributed by atoms with Crippen molar-refractivity contribution in [2.75, 3.05) is 39.8 Å². The van der Waals surface area contributed by atoms with E-state index in [4.69, 9.17) is 0 Å². The summed E-state index contributed by atoms with van der Waals surface area (Å²) in [6, 6.07) is 0.549. The van der Waals surface area contributed by atoms with E-state index < -0.39 is 0 Å². The predicted molar refractivity (Wildman–Crippen MR) is 82.9 cm³/mol. The van der Waals surface area contributed by atoms with E-state index in [-0.39, 0.29) is 0 Å². The van der Waals surface area contributed by atoms with Gasteiger partial charge in [-0.15, -0.1) is 0 Å². The van der Waals surface area contributed by atoms with Crippen LogP contribution in [0, 0.1) is 23.7 Å². The van der Waals surface area contributed by atoms with Gasteiger partial charge in [0.15, 0.2) is 0 Å². The largest absolute Gasteiger partial charge is 0.341 e. The van der Waals surface area contributed by atoms with E-state index in [1.807, 2.05) is 0 Å². The molecule has 4 bridgehead atoms. The van der Waals surface area contributed by atoms with Gasteiger partial charge in [0.2, 0.25) is 5.91 Å². The van der Waals surface area contributed by atoms with Crippen molar-refractivity contribution in [3.8, 4) is 0 Å². The van der Waals surface area contributed by atoms with Gasteiger partial charge >= 0.3 is 0 Å². The fourth-order valence-corrected chi connectivity index (χ4v) is 5.87. The second-order valence-corrected chi connectivity index (χ2v) is 7.95. The van der Waals surface area contributed by atoms with E-state index in [0.29, 0.717) is 18.5 Å². The molecule has 0 radical (unpaired) electrons. The molecule has 0 aromatic heterocycles. The van der Waals surface area contributed by atoms with Crippen molar-refractivity contribution in [1.82, 2.24) is 15.1 Å². The van der Waals surface area contributed by atoms with Crippen LogP contribution in [0.5, 0.6) is 0 Å². The average molecular weight is 291 g/mol. The van der Waals surface area contributed by atoms with Crippen molar-refractivity contribution in [1.29, 1.82) is 0 Å². The number of likely N-dealkylation sites (N-methyl/N-ethyl adjacent to an activating group) is 1. The molecule has 0 aromatic rings. The van der Waals surface area contributed by atoms with Crippen LogP contribution >= 0.6 is 0 Å². The summed E-state index contributed by atoms with van der Waals surface area (Å²) in [7, 11) is 2.08. The van der Waals surface area contributed by atoms with Crippen molar-refractivity contribution >= 4 is 5.91 Å². The predicted octanol–water partition coefficient (Wildman–Crippen LogP) is 1.17. The third-order valence-corrected chi connectivity index (χ3v) is 6.59. The van der Waals surface area contributed by atoms with Crippen molar-refractivity contribution in [3.05, 3.63) is 0 Å². The molecule has 1 amide bonds. The normalized spacial score (nSPS) is 42.2. The molecule has 0 aromatic carbocycles. The zero-order valence-electron chi connectivity index (χ0n) is 13.3. The van der Waals surface area contributed by atoms with Gasteiger partial charge in [-0.05, 0) is 55.8 Å².